The van der Waals surface area contributed by atoms with Crippen LogP contribution < -0.4 is 0 Å². The summed E-state index contributed by atoms with van der Waals surface area (Å²) in [6.07, 6.45) is 0.765. The lowest BCUT2D eigenvalue weighted by Gasteiger charge is -2.36. The number of carbonyl (C=O) groups is 1. The third-order valence-electron chi connectivity index (χ3n) is 3.39. The zero-order valence-corrected chi connectivity index (χ0v) is 10.6. The molecule has 98 valence electrons. The van der Waals surface area contributed by atoms with Gasteiger partial charge in [0.15, 0.2) is 0 Å². The quantitative estimate of drug-likeness (QED) is 0.817. The molecule has 2 rings (SSSR count). The number of benzene rings is 1. The van der Waals surface area contributed by atoms with Gasteiger partial charge in [-0.3, -0.25) is 9.69 Å². The second kappa shape index (κ2) is 5.98. The summed E-state index contributed by atoms with van der Waals surface area (Å²) >= 11 is 0. The van der Waals surface area contributed by atoms with E-state index < -0.39 is 6.10 Å². The van der Waals surface area contributed by atoms with Crippen molar-refractivity contribution in [2.45, 2.75) is 31.5 Å². The van der Waals surface area contributed by atoms with Crippen molar-refractivity contribution in [2.75, 3.05) is 13.7 Å². The third kappa shape index (κ3) is 3.09. The number of aliphatic hydroxyl groups is 1. The summed E-state index contributed by atoms with van der Waals surface area (Å²) in [5.41, 5.74) is 1.17. The molecule has 1 N–H and O–H groups in total. The van der Waals surface area contributed by atoms with E-state index in [9.17, 15) is 9.90 Å². The summed E-state index contributed by atoms with van der Waals surface area (Å²) in [6, 6.07) is 9.70. The second-order valence-corrected chi connectivity index (χ2v) is 4.67. The highest BCUT2D eigenvalue weighted by Gasteiger charge is 2.33. The van der Waals surface area contributed by atoms with Crippen LogP contribution in [0.15, 0.2) is 30.3 Å². The normalized spacial score (nSPS) is 24.8. The minimum absolute atomic E-state index is 0.260. The maximum atomic E-state index is 11.7. The Morgan fingerprint density at radius 1 is 1.44 bits per heavy atom. The Morgan fingerprint density at radius 2 is 2.17 bits per heavy atom. The van der Waals surface area contributed by atoms with Gasteiger partial charge in [-0.1, -0.05) is 30.3 Å². The number of ether oxygens (including phenoxy) is 1. The molecule has 0 bridgehead atoms. The Bertz CT molecular complexity index is 393. The molecule has 1 heterocycles. The fraction of sp³-hybridized carbons (Fsp3) is 0.500. The lowest BCUT2D eigenvalue weighted by atomic mass is 9.98. The van der Waals surface area contributed by atoms with Crippen LogP contribution in [0.25, 0.3) is 0 Å². The standard InChI is InChI=1S/C14H19NO3/c1-18-14(17)13-9-12(16)7-8-15(13)10-11-5-3-2-4-6-11/h2-6,12-13,16H,7-10H2,1H3/t12-,13+/m0/s1. The molecule has 1 aromatic carbocycles. The van der Waals surface area contributed by atoms with Gasteiger partial charge in [-0.05, 0) is 18.4 Å². The average molecular weight is 249 g/mol. The number of hydrogen-bond acceptors (Lipinski definition) is 4. The molecular weight excluding hydrogens is 230 g/mol. The highest BCUT2D eigenvalue weighted by Crippen LogP contribution is 2.21. The average Bonchev–Trinajstić information content (AvgIpc) is 2.41. The number of likely N-dealkylation sites (tertiary alicyclic amines) is 1. The van der Waals surface area contributed by atoms with Gasteiger partial charge in [-0.25, -0.2) is 0 Å². The Kier molecular flexibility index (Phi) is 4.33. The monoisotopic (exact) mass is 249 g/mol. The first-order valence-electron chi connectivity index (χ1n) is 6.24. The van der Waals surface area contributed by atoms with Crippen molar-refractivity contribution in [3.8, 4) is 0 Å². The lowest BCUT2D eigenvalue weighted by Crippen LogP contribution is -2.48. The van der Waals surface area contributed by atoms with Gasteiger partial charge in [0.05, 0.1) is 13.2 Å². The maximum Gasteiger partial charge on any atom is 0.323 e. The molecule has 0 saturated carbocycles. The summed E-state index contributed by atoms with van der Waals surface area (Å²) < 4.78 is 4.81. The number of hydrogen-bond donors (Lipinski definition) is 1. The van der Waals surface area contributed by atoms with Crippen LogP contribution in [0.3, 0.4) is 0 Å². The first-order valence-corrected chi connectivity index (χ1v) is 6.24. The zero-order chi connectivity index (χ0) is 13.0. The number of esters is 1. The number of methoxy groups -OCH3 is 1. The van der Waals surface area contributed by atoms with Gasteiger partial charge in [0.1, 0.15) is 6.04 Å². The van der Waals surface area contributed by atoms with Gasteiger partial charge in [-0.15, -0.1) is 0 Å². The van der Waals surface area contributed by atoms with Crippen molar-refractivity contribution in [2.24, 2.45) is 0 Å². The highest BCUT2D eigenvalue weighted by atomic mass is 16.5. The summed E-state index contributed by atoms with van der Waals surface area (Å²) in [5.74, 6) is -0.260. The van der Waals surface area contributed by atoms with Crippen LogP contribution in [0.5, 0.6) is 0 Å². The van der Waals surface area contributed by atoms with E-state index in [0.717, 1.165) is 6.54 Å². The molecule has 0 amide bonds. The predicted molar refractivity (Wildman–Crippen MR) is 67.9 cm³/mol. The van der Waals surface area contributed by atoms with Crippen LogP contribution in [0.2, 0.25) is 0 Å². The van der Waals surface area contributed by atoms with E-state index in [1.807, 2.05) is 30.3 Å². The summed E-state index contributed by atoms with van der Waals surface area (Å²) in [6.45, 7) is 1.43. The van der Waals surface area contributed by atoms with E-state index in [4.69, 9.17) is 4.74 Å². The molecule has 0 aromatic heterocycles. The van der Waals surface area contributed by atoms with Gasteiger partial charge in [0.25, 0.3) is 0 Å². The smallest absolute Gasteiger partial charge is 0.323 e. The van der Waals surface area contributed by atoms with Crippen molar-refractivity contribution in [3.63, 3.8) is 0 Å². The number of carbonyl (C=O) groups excluding carboxylic acids is 1. The molecule has 1 fully saturated rings. The van der Waals surface area contributed by atoms with Crippen LogP contribution in [-0.4, -0.2) is 41.8 Å². The molecule has 1 aromatic rings. The van der Waals surface area contributed by atoms with E-state index in [0.29, 0.717) is 19.4 Å². The molecular formula is C14H19NO3. The Hall–Kier alpha value is -1.39. The molecule has 18 heavy (non-hydrogen) atoms. The van der Waals surface area contributed by atoms with E-state index >= 15 is 0 Å². The Balaban J connectivity index is 2.07. The van der Waals surface area contributed by atoms with Crippen molar-refractivity contribution in [3.05, 3.63) is 35.9 Å². The van der Waals surface area contributed by atoms with Gasteiger partial charge < -0.3 is 9.84 Å². The number of rotatable bonds is 3. The summed E-state index contributed by atoms with van der Waals surface area (Å²) in [4.78, 5) is 13.8. The van der Waals surface area contributed by atoms with Crippen LogP contribution in [0, 0.1) is 0 Å². The maximum absolute atomic E-state index is 11.7. The molecule has 0 aliphatic carbocycles. The summed E-state index contributed by atoms with van der Waals surface area (Å²) in [7, 11) is 1.39. The molecule has 2 atom stereocenters. The zero-order valence-electron chi connectivity index (χ0n) is 10.6. The summed E-state index contributed by atoms with van der Waals surface area (Å²) in [5, 5.41) is 9.67. The fourth-order valence-corrected chi connectivity index (χ4v) is 2.38. The SMILES string of the molecule is COC(=O)[C@H]1C[C@@H](O)CCN1Cc1ccccc1. The lowest BCUT2D eigenvalue weighted by molar-refractivity contribution is -0.150. The van der Waals surface area contributed by atoms with Crippen LogP contribution in [0.4, 0.5) is 0 Å². The molecule has 4 nitrogen and oxygen atoms in total. The van der Waals surface area contributed by atoms with Crippen LogP contribution in [-0.2, 0) is 16.1 Å². The van der Waals surface area contributed by atoms with E-state index in [1.54, 1.807) is 0 Å². The molecule has 1 aliphatic heterocycles. The number of nitrogens with zero attached hydrogens (tertiary/aromatic N) is 1. The fourth-order valence-electron chi connectivity index (χ4n) is 2.38. The van der Waals surface area contributed by atoms with Gasteiger partial charge in [0.2, 0.25) is 0 Å². The Labute approximate surface area is 107 Å². The molecule has 4 heteroatoms. The topological polar surface area (TPSA) is 49.8 Å². The molecule has 0 radical (unpaired) electrons. The van der Waals surface area contributed by atoms with Crippen LogP contribution in [0.1, 0.15) is 18.4 Å². The third-order valence-corrected chi connectivity index (χ3v) is 3.39. The minimum atomic E-state index is -0.402. The highest BCUT2D eigenvalue weighted by molar-refractivity contribution is 5.75. The Morgan fingerprint density at radius 3 is 2.83 bits per heavy atom. The molecule has 0 spiro atoms. The van der Waals surface area contributed by atoms with Gasteiger partial charge in [-0.2, -0.15) is 0 Å². The van der Waals surface area contributed by atoms with E-state index in [2.05, 4.69) is 4.90 Å². The van der Waals surface area contributed by atoms with Gasteiger partial charge in [0, 0.05) is 13.1 Å². The van der Waals surface area contributed by atoms with E-state index in [1.165, 1.54) is 12.7 Å². The van der Waals surface area contributed by atoms with Gasteiger partial charge >= 0.3 is 5.97 Å². The predicted octanol–water partition coefficient (Wildman–Crippen LogP) is 1.18. The van der Waals surface area contributed by atoms with Crippen molar-refractivity contribution < 1.29 is 14.6 Å². The second-order valence-electron chi connectivity index (χ2n) is 4.67. The molecule has 0 unspecified atom stereocenters. The largest absolute Gasteiger partial charge is 0.468 e. The van der Waals surface area contributed by atoms with E-state index in [-0.39, 0.29) is 12.0 Å². The number of piperidine rings is 1. The molecule has 1 saturated heterocycles. The molecule has 1 aliphatic rings. The first-order chi connectivity index (χ1) is 8.70. The van der Waals surface area contributed by atoms with Crippen molar-refractivity contribution in [1.29, 1.82) is 0 Å². The first kappa shape index (κ1) is 13.1. The minimum Gasteiger partial charge on any atom is -0.468 e. The number of aliphatic hydroxyl groups excluding tert-OH is 1. The van der Waals surface area contributed by atoms with Crippen molar-refractivity contribution in [1.82, 2.24) is 4.90 Å². The van der Waals surface area contributed by atoms with Crippen LogP contribution >= 0.6 is 0 Å². The van der Waals surface area contributed by atoms with Crippen molar-refractivity contribution >= 4 is 5.97 Å².